The fraction of sp³-hybridized carbons (Fsp3) is 0.421. The summed E-state index contributed by atoms with van der Waals surface area (Å²) in [5, 5.41) is 8.11. The number of aromatic nitrogens is 4. The van der Waals surface area contributed by atoms with Gasteiger partial charge in [0.1, 0.15) is 5.82 Å². The van der Waals surface area contributed by atoms with Crippen molar-refractivity contribution < 1.29 is 14.2 Å². The zero-order valence-electron chi connectivity index (χ0n) is 16.0. The van der Waals surface area contributed by atoms with Crippen LogP contribution < -0.4 is 19.5 Å². The molecule has 27 heavy (non-hydrogen) atoms. The highest BCUT2D eigenvalue weighted by atomic mass is 16.5. The minimum absolute atomic E-state index is 0.560. The number of anilines is 2. The molecule has 0 atom stereocenters. The van der Waals surface area contributed by atoms with Crippen molar-refractivity contribution >= 4 is 17.3 Å². The van der Waals surface area contributed by atoms with Crippen molar-refractivity contribution in [3.8, 4) is 17.2 Å². The number of fused-ring (bicyclic) bond motifs is 2. The Morgan fingerprint density at radius 2 is 1.78 bits per heavy atom. The van der Waals surface area contributed by atoms with Crippen LogP contribution in [0.2, 0.25) is 0 Å². The van der Waals surface area contributed by atoms with Crippen molar-refractivity contribution in [2.45, 2.75) is 32.6 Å². The number of hydrogen-bond acceptors (Lipinski definition) is 7. The number of rotatable bonds is 6. The van der Waals surface area contributed by atoms with E-state index < -0.39 is 0 Å². The van der Waals surface area contributed by atoms with Crippen molar-refractivity contribution in [2.75, 3.05) is 26.6 Å². The van der Waals surface area contributed by atoms with Crippen molar-refractivity contribution in [3.63, 3.8) is 0 Å². The van der Waals surface area contributed by atoms with Crippen LogP contribution in [0.15, 0.2) is 12.1 Å². The number of aryl methyl sites for hydroxylation is 2. The summed E-state index contributed by atoms with van der Waals surface area (Å²) in [5.74, 6) is 4.04. The van der Waals surface area contributed by atoms with E-state index in [1.54, 1.807) is 25.8 Å². The van der Waals surface area contributed by atoms with Gasteiger partial charge in [0.2, 0.25) is 5.75 Å². The highest BCUT2D eigenvalue weighted by molar-refractivity contribution is 5.69. The molecule has 0 amide bonds. The molecule has 0 spiro atoms. The highest BCUT2D eigenvalue weighted by Crippen LogP contribution is 2.41. The first kappa shape index (κ1) is 17.4. The van der Waals surface area contributed by atoms with E-state index in [1.807, 2.05) is 19.1 Å². The summed E-state index contributed by atoms with van der Waals surface area (Å²) in [5.41, 5.74) is 3.09. The van der Waals surface area contributed by atoms with Crippen LogP contribution >= 0.6 is 0 Å². The third kappa shape index (κ3) is 2.90. The minimum atomic E-state index is 0.560. The topological polar surface area (TPSA) is 82.8 Å². The first-order valence-corrected chi connectivity index (χ1v) is 9.02. The Morgan fingerprint density at radius 3 is 2.41 bits per heavy atom. The maximum Gasteiger partial charge on any atom is 0.254 e. The first-order valence-electron chi connectivity index (χ1n) is 9.02. The van der Waals surface area contributed by atoms with Gasteiger partial charge in [-0.1, -0.05) is 6.92 Å². The summed E-state index contributed by atoms with van der Waals surface area (Å²) >= 11 is 0. The van der Waals surface area contributed by atoms with Crippen LogP contribution in [-0.2, 0) is 19.3 Å². The average Bonchev–Trinajstić information content (AvgIpc) is 3.33. The van der Waals surface area contributed by atoms with Gasteiger partial charge >= 0.3 is 0 Å². The van der Waals surface area contributed by atoms with Crippen LogP contribution in [0.1, 0.15) is 30.4 Å². The van der Waals surface area contributed by atoms with Crippen LogP contribution in [0.4, 0.5) is 11.5 Å². The molecule has 0 bridgehead atoms. The second-order valence-electron chi connectivity index (χ2n) is 6.37. The molecule has 2 aromatic heterocycles. The van der Waals surface area contributed by atoms with Gasteiger partial charge in [0.25, 0.3) is 5.78 Å². The quantitative estimate of drug-likeness (QED) is 0.715. The Hall–Kier alpha value is -3.03. The predicted molar refractivity (Wildman–Crippen MR) is 102 cm³/mol. The molecule has 1 aromatic carbocycles. The third-order valence-corrected chi connectivity index (χ3v) is 4.80. The lowest BCUT2D eigenvalue weighted by atomic mass is 10.2. The van der Waals surface area contributed by atoms with Crippen molar-refractivity contribution in [1.82, 2.24) is 19.6 Å². The molecule has 1 aliphatic carbocycles. The van der Waals surface area contributed by atoms with E-state index in [4.69, 9.17) is 19.2 Å². The molecule has 0 saturated carbocycles. The number of benzene rings is 1. The van der Waals surface area contributed by atoms with Gasteiger partial charge < -0.3 is 19.5 Å². The summed E-state index contributed by atoms with van der Waals surface area (Å²) in [6.07, 6.45) is 3.77. The van der Waals surface area contributed by atoms with E-state index in [9.17, 15) is 0 Å². The number of hydrogen-bond donors (Lipinski definition) is 1. The van der Waals surface area contributed by atoms with Gasteiger partial charge in [-0.3, -0.25) is 0 Å². The van der Waals surface area contributed by atoms with Gasteiger partial charge in [0.05, 0.1) is 27.0 Å². The molecule has 142 valence electrons. The number of nitrogens with one attached hydrogen (secondary N) is 1. The largest absolute Gasteiger partial charge is 0.493 e. The van der Waals surface area contributed by atoms with Crippen molar-refractivity contribution in [3.05, 3.63) is 29.2 Å². The zero-order valence-corrected chi connectivity index (χ0v) is 16.0. The van der Waals surface area contributed by atoms with Crippen molar-refractivity contribution in [1.29, 1.82) is 0 Å². The van der Waals surface area contributed by atoms with E-state index in [0.717, 1.165) is 48.7 Å². The fourth-order valence-electron chi connectivity index (χ4n) is 3.49. The van der Waals surface area contributed by atoms with Crippen LogP contribution in [0.3, 0.4) is 0 Å². The SMILES string of the molecule is CCc1nc2nc3c(c(Nc4cc(OC)c(OC)c(OC)c4)n2n1)CCC3. The Bertz CT molecular complexity index is 974. The van der Waals surface area contributed by atoms with Crippen LogP contribution in [0, 0.1) is 0 Å². The molecule has 0 fully saturated rings. The molecule has 1 N–H and O–H groups in total. The molecule has 8 nitrogen and oxygen atoms in total. The monoisotopic (exact) mass is 369 g/mol. The molecule has 0 unspecified atom stereocenters. The number of methoxy groups -OCH3 is 3. The average molecular weight is 369 g/mol. The second kappa shape index (κ2) is 6.94. The smallest absolute Gasteiger partial charge is 0.254 e. The normalized spacial score (nSPS) is 12.9. The van der Waals surface area contributed by atoms with E-state index >= 15 is 0 Å². The third-order valence-electron chi connectivity index (χ3n) is 4.80. The molecule has 0 radical (unpaired) electrons. The van der Waals surface area contributed by atoms with Crippen LogP contribution in [0.5, 0.6) is 17.2 Å². The Labute approximate surface area is 157 Å². The molecule has 0 aliphatic heterocycles. The van der Waals surface area contributed by atoms with E-state index in [0.29, 0.717) is 23.0 Å². The molecular formula is C19H23N5O3. The van der Waals surface area contributed by atoms with Gasteiger partial charge in [-0.25, -0.2) is 4.98 Å². The number of ether oxygens (including phenoxy) is 3. The van der Waals surface area contributed by atoms with Crippen LogP contribution in [-0.4, -0.2) is 40.9 Å². The summed E-state index contributed by atoms with van der Waals surface area (Å²) < 4.78 is 18.1. The zero-order chi connectivity index (χ0) is 19.0. The van der Waals surface area contributed by atoms with E-state index in [1.165, 1.54) is 5.56 Å². The maximum atomic E-state index is 5.47. The lowest BCUT2D eigenvalue weighted by Gasteiger charge is -2.16. The van der Waals surface area contributed by atoms with E-state index in [-0.39, 0.29) is 0 Å². The molecular weight excluding hydrogens is 346 g/mol. The van der Waals surface area contributed by atoms with Gasteiger partial charge in [0.15, 0.2) is 17.3 Å². The Kier molecular flexibility index (Phi) is 4.47. The van der Waals surface area contributed by atoms with Gasteiger partial charge in [0, 0.05) is 29.8 Å². The fourth-order valence-corrected chi connectivity index (χ4v) is 3.49. The summed E-state index contributed by atoms with van der Waals surface area (Å²) in [6, 6.07) is 3.76. The number of nitrogens with zero attached hydrogens (tertiary/aromatic N) is 4. The second-order valence-corrected chi connectivity index (χ2v) is 6.37. The molecule has 0 saturated heterocycles. The lowest BCUT2D eigenvalue weighted by Crippen LogP contribution is -2.07. The summed E-state index contributed by atoms with van der Waals surface area (Å²) in [4.78, 5) is 9.24. The van der Waals surface area contributed by atoms with Gasteiger partial charge in [-0.15, -0.1) is 5.10 Å². The van der Waals surface area contributed by atoms with Gasteiger partial charge in [-0.05, 0) is 19.3 Å². The lowest BCUT2D eigenvalue weighted by molar-refractivity contribution is 0.324. The Balaban J connectivity index is 1.85. The molecule has 4 rings (SSSR count). The maximum absolute atomic E-state index is 5.47. The Morgan fingerprint density at radius 1 is 1.04 bits per heavy atom. The van der Waals surface area contributed by atoms with E-state index in [2.05, 4.69) is 15.4 Å². The first-order chi connectivity index (χ1) is 13.2. The van der Waals surface area contributed by atoms with Gasteiger partial charge in [-0.2, -0.15) is 9.50 Å². The molecule has 8 heteroatoms. The summed E-state index contributed by atoms with van der Waals surface area (Å²) in [7, 11) is 4.80. The minimum Gasteiger partial charge on any atom is -0.493 e. The predicted octanol–water partition coefficient (Wildman–Crippen LogP) is 2.94. The molecule has 1 aliphatic rings. The van der Waals surface area contributed by atoms with Crippen molar-refractivity contribution in [2.24, 2.45) is 0 Å². The molecule has 3 aromatic rings. The van der Waals surface area contributed by atoms with Crippen LogP contribution in [0.25, 0.3) is 5.78 Å². The summed E-state index contributed by atoms with van der Waals surface area (Å²) in [6.45, 7) is 2.04. The standard InChI is InChI=1S/C19H23N5O3/c1-5-16-22-19-21-13-8-6-7-12(13)18(24(19)23-16)20-11-9-14(25-2)17(27-4)15(10-11)26-3/h9-10,20H,5-8H2,1-4H3. The highest BCUT2D eigenvalue weighted by Gasteiger charge is 2.23. The molecule has 2 heterocycles.